The van der Waals surface area contributed by atoms with E-state index in [2.05, 4.69) is 20.9 Å². The molecular formula is C17H17Cl2N5O4S. The van der Waals surface area contributed by atoms with E-state index in [1.165, 1.54) is 22.6 Å². The molecule has 3 heterocycles. The van der Waals surface area contributed by atoms with Crippen LogP contribution in [0.25, 0.3) is 0 Å². The molecule has 154 valence electrons. The number of anilines is 2. The van der Waals surface area contributed by atoms with E-state index >= 15 is 0 Å². The largest absolute Gasteiger partial charge is 0.504 e. The van der Waals surface area contributed by atoms with Crippen LogP contribution in [0, 0.1) is 0 Å². The summed E-state index contributed by atoms with van der Waals surface area (Å²) < 4.78 is 27.6. The molecule has 4 N–H and O–H groups in total. The summed E-state index contributed by atoms with van der Waals surface area (Å²) in [7, 11) is -4.05. The zero-order valence-electron chi connectivity index (χ0n) is 14.9. The maximum Gasteiger partial charge on any atom is 0.323 e. The molecule has 29 heavy (non-hydrogen) atoms. The van der Waals surface area contributed by atoms with E-state index in [1.54, 1.807) is 12.1 Å². The number of phenols is 1. The summed E-state index contributed by atoms with van der Waals surface area (Å²) in [5.41, 5.74) is 0.154. The van der Waals surface area contributed by atoms with E-state index < -0.39 is 26.7 Å². The van der Waals surface area contributed by atoms with Gasteiger partial charge < -0.3 is 21.1 Å². The Balaban J connectivity index is 1.60. The number of phenolic OH excluding ortho intramolecular Hbond substituents is 1. The van der Waals surface area contributed by atoms with Crippen LogP contribution in [0.3, 0.4) is 0 Å². The molecule has 0 saturated carbocycles. The van der Waals surface area contributed by atoms with Crippen LogP contribution in [0.15, 0.2) is 35.4 Å². The van der Waals surface area contributed by atoms with Crippen molar-refractivity contribution in [3.63, 3.8) is 0 Å². The molecule has 2 aliphatic heterocycles. The summed E-state index contributed by atoms with van der Waals surface area (Å²) in [6.45, 7) is 0.856. The monoisotopic (exact) mass is 457 g/mol. The minimum absolute atomic E-state index is 0.0870. The number of carbonyl (C=O) groups excluding carboxylic acids is 1. The Hall–Kier alpha value is -2.11. The number of urea groups is 1. The zero-order valence-corrected chi connectivity index (χ0v) is 17.2. The lowest BCUT2D eigenvalue weighted by molar-refractivity contribution is 0.262. The second kappa shape index (κ2) is 7.62. The predicted molar refractivity (Wildman–Crippen MR) is 109 cm³/mol. The first kappa shape index (κ1) is 20.2. The van der Waals surface area contributed by atoms with Gasteiger partial charge in [0.1, 0.15) is 4.90 Å². The number of benzene rings is 1. The Morgan fingerprint density at radius 3 is 2.66 bits per heavy atom. The second-order valence-electron chi connectivity index (χ2n) is 6.76. The summed E-state index contributed by atoms with van der Waals surface area (Å²) in [6.07, 6.45) is 2.18. The number of aromatic hydroxyl groups is 1. The highest BCUT2D eigenvalue weighted by atomic mass is 35.5. The van der Waals surface area contributed by atoms with Crippen molar-refractivity contribution in [2.24, 2.45) is 0 Å². The summed E-state index contributed by atoms with van der Waals surface area (Å²) in [6, 6.07) is 4.94. The van der Waals surface area contributed by atoms with Crippen molar-refractivity contribution in [2.45, 2.75) is 23.4 Å². The standard InChI is InChI=1S/C17H17Cl2N5O4S/c18-11-3-4-12(22-17(26)23-13-2-1-5-20-16(13)19)14(25)15(11)29(27,28)24-8-9-6-10(24)7-21-9/h1-5,9-10,21,25H,6-8H2,(H2,22,23,26). The number of fused-ring (bicyclic) bond motifs is 2. The highest BCUT2D eigenvalue weighted by Crippen LogP contribution is 2.41. The molecule has 2 unspecified atom stereocenters. The molecule has 2 fully saturated rings. The van der Waals surface area contributed by atoms with Crippen molar-refractivity contribution in [3.05, 3.63) is 40.6 Å². The lowest BCUT2D eigenvalue weighted by Crippen LogP contribution is -2.46. The number of aromatic nitrogens is 1. The number of nitrogens with zero attached hydrogens (tertiary/aromatic N) is 2. The van der Waals surface area contributed by atoms with E-state index in [0.29, 0.717) is 19.5 Å². The number of carbonyl (C=O) groups is 1. The van der Waals surface area contributed by atoms with Crippen LogP contribution < -0.4 is 16.0 Å². The Labute approximate surface area is 177 Å². The van der Waals surface area contributed by atoms with Crippen LogP contribution in [-0.2, 0) is 10.0 Å². The van der Waals surface area contributed by atoms with Crippen molar-refractivity contribution in [1.82, 2.24) is 14.6 Å². The van der Waals surface area contributed by atoms with Crippen LogP contribution in [0.2, 0.25) is 10.2 Å². The van der Waals surface area contributed by atoms with Gasteiger partial charge in [0.15, 0.2) is 10.9 Å². The number of halogens is 2. The van der Waals surface area contributed by atoms with Gasteiger partial charge in [-0.3, -0.25) is 0 Å². The van der Waals surface area contributed by atoms with Gasteiger partial charge in [-0.25, -0.2) is 18.2 Å². The molecule has 2 saturated heterocycles. The van der Waals surface area contributed by atoms with Gasteiger partial charge in [0, 0.05) is 31.4 Å². The fourth-order valence-electron chi connectivity index (χ4n) is 3.58. The summed E-state index contributed by atoms with van der Waals surface area (Å²) in [5.74, 6) is -0.624. The van der Waals surface area contributed by atoms with Gasteiger partial charge in [-0.2, -0.15) is 4.31 Å². The molecule has 2 atom stereocenters. The van der Waals surface area contributed by atoms with E-state index in [0.717, 1.165) is 0 Å². The van der Waals surface area contributed by atoms with E-state index in [9.17, 15) is 18.3 Å². The van der Waals surface area contributed by atoms with Crippen molar-refractivity contribution < 1.29 is 18.3 Å². The molecule has 9 nitrogen and oxygen atoms in total. The molecule has 2 aliphatic rings. The van der Waals surface area contributed by atoms with Crippen LogP contribution in [0.1, 0.15) is 6.42 Å². The van der Waals surface area contributed by atoms with Crippen molar-refractivity contribution in [2.75, 3.05) is 23.7 Å². The Kier molecular flexibility index (Phi) is 5.30. The van der Waals surface area contributed by atoms with Crippen molar-refractivity contribution in [1.29, 1.82) is 0 Å². The van der Waals surface area contributed by atoms with Gasteiger partial charge in [0.2, 0.25) is 10.0 Å². The third-order valence-corrected chi connectivity index (χ3v) is 7.63. The normalized spacial score (nSPS) is 21.3. The highest BCUT2D eigenvalue weighted by Gasteiger charge is 2.45. The van der Waals surface area contributed by atoms with Crippen LogP contribution >= 0.6 is 23.2 Å². The number of hydrogen-bond donors (Lipinski definition) is 4. The van der Waals surface area contributed by atoms with E-state index in [-0.39, 0.29) is 33.6 Å². The molecule has 1 aromatic heterocycles. The van der Waals surface area contributed by atoms with Gasteiger partial charge in [0.05, 0.1) is 16.4 Å². The Morgan fingerprint density at radius 2 is 2.00 bits per heavy atom. The smallest absolute Gasteiger partial charge is 0.323 e. The van der Waals surface area contributed by atoms with Crippen LogP contribution in [-0.4, -0.2) is 54.0 Å². The molecule has 0 aliphatic carbocycles. The molecule has 2 amide bonds. The highest BCUT2D eigenvalue weighted by molar-refractivity contribution is 7.89. The maximum absolute atomic E-state index is 13.1. The van der Waals surface area contributed by atoms with Gasteiger partial charge in [-0.15, -0.1) is 0 Å². The second-order valence-corrected chi connectivity index (χ2v) is 9.36. The lowest BCUT2D eigenvalue weighted by Gasteiger charge is -2.27. The first-order valence-electron chi connectivity index (χ1n) is 8.72. The average molecular weight is 458 g/mol. The van der Waals surface area contributed by atoms with E-state index in [4.69, 9.17) is 23.2 Å². The molecule has 2 bridgehead atoms. The molecule has 4 rings (SSSR count). The third kappa shape index (κ3) is 3.74. The molecular weight excluding hydrogens is 441 g/mol. The number of pyridine rings is 1. The molecule has 0 radical (unpaired) electrons. The zero-order chi connectivity index (χ0) is 20.8. The third-order valence-electron chi connectivity index (χ3n) is 4.91. The number of amides is 2. The minimum Gasteiger partial charge on any atom is -0.504 e. The molecule has 12 heteroatoms. The number of nitrogens with one attached hydrogen (secondary N) is 3. The average Bonchev–Trinajstić information content (AvgIpc) is 3.30. The first-order valence-corrected chi connectivity index (χ1v) is 10.9. The van der Waals surface area contributed by atoms with E-state index in [1.807, 2.05) is 0 Å². The number of sulfonamides is 1. The fraction of sp³-hybridized carbons (Fsp3) is 0.294. The SMILES string of the molecule is O=C(Nc1cccnc1Cl)Nc1ccc(Cl)c(S(=O)(=O)N2CC3CC2CN3)c1O. The molecule has 2 aromatic rings. The summed E-state index contributed by atoms with van der Waals surface area (Å²) in [5, 5.41) is 18.7. The molecule has 1 aromatic carbocycles. The number of hydrogen-bond acceptors (Lipinski definition) is 6. The Bertz CT molecular complexity index is 1080. The number of rotatable bonds is 4. The van der Waals surface area contributed by atoms with Crippen molar-refractivity contribution >= 4 is 50.6 Å². The fourth-order valence-corrected chi connectivity index (χ4v) is 6.03. The predicted octanol–water partition coefficient (Wildman–Crippen LogP) is 2.47. The van der Waals surface area contributed by atoms with Gasteiger partial charge in [-0.05, 0) is 30.7 Å². The number of piperazine rings is 1. The lowest BCUT2D eigenvalue weighted by atomic mass is 10.2. The summed E-state index contributed by atoms with van der Waals surface area (Å²) in [4.78, 5) is 15.7. The Morgan fingerprint density at radius 1 is 1.24 bits per heavy atom. The van der Waals surface area contributed by atoms with Crippen LogP contribution in [0.4, 0.5) is 16.2 Å². The molecule has 0 spiro atoms. The quantitative estimate of drug-likeness (QED) is 0.412. The summed E-state index contributed by atoms with van der Waals surface area (Å²) >= 11 is 12.0. The maximum atomic E-state index is 13.1. The van der Waals surface area contributed by atoms with Crippen molar-refractivity contribution in [3.8, 4) is 5.75 Å². The van der Waals surface area contributed by atoms with Crippen LogP contribution in [0.5, 0.6) is 5.75 Å². The topological polar surface area (TPSA) is 124 Å². The van der Waals surface area contributed by atoms with Gasteiger partial charge >= 0.3 is 6.03 Å². The van der Waals surface area contributed by atoms with Gasteiger partial charge in [-0.1, -0.05) is 23.2 Å². The van der Waals surface area contributed by atoms with Gasteiger partial charge in [0.25, 0.3) is 0 Å². The minimum atomic E-state index is -4.05. The first-order chi connectivity index (χ1) is 13.8.